The van der Waals surface area contributed by atoms with Gasteiger partial charge < -0.3 is 23.4 Å². The summed E-state index contributed by atoms with van der Waals surface area (Å²) in [6.07, 6.45) is -7.11. The van der Waals surface area contributed by atoms with Crippen LogP contribution in [0, 0.1) is 0 Å². The van der Waals surface area contributed by atoms with Crippen molar-refractivity contribution in [3.05, 3.63) is 29.8 Å². The standard InChI is InChI=1S/C21H34F3NO6P2S/c1-13(2)28-32(26,29-14(3)4)20(33(27,30-15(5)6)31-16(7)8)19(34)25-18-11-9-10-17(12-18)21(22,23)24/h9-16,20H,1-8H3,(H,25,34). The zero-order valence-electron chi connectivity index (χ0n) is 20.6. The van der Waals surface area contributed by atoms with Gasteiger partial charge in [0.25, 0.3) is 0 Å². The molecule has 7 nitrogen and oxygen atoms in total. The van der Waals surface area contributed by atoms with Gasteiger partial charge in [-0.15, -0.1) is 0 Å². The Bertz CT molecular complexity index is 858. The van der Waals surface area contributed by atoms with Gasteiger partial charge in [0.1, 0.15) is 4.99 Å². The van der Waals surface area contributed by atoms with E-state index >= 15 is 0 Å². The molecule has 0 fully saturated rings. The Labute approximate surface area is 205 Å². The molecule has 0 aliphatic heterocycles. The highest BCUT2D eigenvalue weighted by Crippen LogP contribution is 2.72. The number of hydrogen-bond donors (Lipinski definition) is 1. The number of alkyl halides is 3. The maximum Gasteiger partial charge on any atom is 0.416 e. The van der Waals surface area contributed by atoms with Crippen LogP contribution < -0.4 is 5.32 Å². The Morgan fingerprint density at radius 1 is 0.824 bits per heavy atom. The first-order chi connectivity index (χ1) is 15.4. The molecule has 0 saturated heterocycles. The van der Waals surface area contributed by atoms with Gasteiger partial charge in [0.15, 0.2) is 0 Å². The molecule has 0 bridgehead atoms. The van der Waals surface area contributed by atoms with Crippen molar-refractivity contribution in [2.24, 2.45) is 0 Å². The summed E-state index contributed by atoms with van der Waals surface area (Å²) in [6.45, 7) is 12.8. The maximum atomic E-state index is 14.1. The first-order valence-electron chi connectivity index (χ1n) is 10.8. The van der Waals surface area contributed by atoms with E-state index in [2.05, 4.69) is 5.32 Å². The molecule has 196 valence electrons. The van der Waals surface area contributed by atoms with Crippen molar-refractivity contribution >= 4 is 38.1 Å². The summed E-state index contributed by atoms with van der Waals surface area (Å²) in [4.78, 5) is -0.353. The molecule has 34 heavy (non-hydrogen) atoms. The highest BCUT2D eigenvalue weighted by molar-refractivity contribution is 7.85. The minimum absolute atomic E-state index is 0.0499. The zero-order valence-corrected chi connectivity index (χ0v) is 23.2. The van der Waals surface area contributed by atoms with E-state index in [1.54, 1.807) is 55.4 Å². The number of rotatable bonds is 12. The van der Waals surface area contributed by atoms with Crippen LogP contribution in [-0.2, 0) is 33.4 Å². The van der Waals surface area contributed by atoms with E-state index in [0.717, 1.165) is 12.1 Å². The molecule has 0 amide bonds. The van der Waals surface area contributed by atoms with E-state index in [-0.39, 0.29) is 10.7 Å². The maximum absolute atomic E-state index is 14.1. The fraction of sp³-hybridized carbons (Fsp3) is 0.667. The molecule has 1 aromatic rings. The van der Waals surface area contributed by atoms with Crippen molar-refractivity contribution in [3.8, 4) is 0 Å². The molecule has 0 aliphatic rings. The number of halogens is 3. The molecular weight excluding hydrogens is 513 g/mol. The highest BCUT2D eigenvalue weighted by atomic mass is 32.1. The van der Waals surface area contributed by atoms with E-state index in [1.807, 2.05) is 0 Å². The summed E-state index contributed by atoms with van der Waals surface area (Å²) < 4.78 is 90.4. The molecule has 0 atom stereocenters. The average Bonchev–Trinajstić information content (AvgIpc) is 2.57. The van der Waals surface area contributed by atoms with Gasteiger partial charge in [-0.1, -0.05) is 18.3 Å². The molecule has 0 unspecified atom stereocenters. The first-order valence-corrected chi connectivity index (χ1v) is 14.4. The average molecular weight is 548 g/mol. The largest absolute Gasteiger partial charge is 0.416 e. The molecule has 1 rings (SSSR count). The van der Waals surface area contributed by atoms with Crippen molar-refractivity contribution in [2.45, 2.75) is 91.4 Å². The number of nitrogens with one attached hydrogen (secondary N) is 1. The van der Waals surface area contributed by atoms with Gasteiger partial charge >= 0.3 is 21.4 Å². The fourth-order valence-electron chi connectivity index (χ4n) is 2.90. The van der Waals surface area contributed by atoms with Crippen molar-refractivity contribution in [3.63, 3.8) is 0 Å². The number of anilines is 1. The third-order valence-corrected chi connectivity index (χ3v) is 10.7. The van der Waals surface area contributed by atoms with Gasteiger partial charge in [0, 0.05) is 5.69 Å². The number of hydrogen-bond acceptors (Lipinski definition) is 7. The van der Waals surface area contributed by atoms with Crippen LogP contribution in [0.5, 0.6) is 0 Å². The lowest BCUT2D eigenvalue weighted by molar-refractivity contribution is -0.137. The smallest absolute Gasteiger partial charge is 0.349 e. The van der Waals surface area contributed by atoms with Gasteiger partial charge in [-0.05, 0) is 73.6 Å². The lowest BCUT2D eigenvalue weighted by Crippen LogP contribution is -2.32. The molecule has 0 heterocycles. The van der Waals surface area contributed by atoms with E-state index in [9.17, 15) is 22.3 Å². The predicted octanol–water partition coefficient (Wildman–Crippen LogP) is 7.86. The molecule has 0 saturated carbocycles. The van der Waals surface area contributed by atoms with Crippen LogP contribution in [0.3, 0.4) is 0 Å². The quantitative estimate of drug-likeness (QED) is 0.209. The van der Waals surface area contributed by atoms with Gasteiger partial charge in [0.2, 0.25) is 5.40 Å². The minimum Gasteiger partial charge on any atom is -0.349 e. The summed E-state index contributed by atoms with van der Waals surface area (Å²) in [7, 11) is -8.70. The molecule has 1 N–H and O–H groups in total. The fourth-order valence-corrected chi connectivity index (χ4v) is 9.44. The van der Waals surface area contributed by atoms with Crippen molar-refractivity contribution in [1.29, 1.82) is 0 Å². The van der Waals surface area contributed by atoms with Gasteiger partial charge in [-0.2, -0.15) is 13.2 Å². The van der Waals surface area contributed by atoms with E-state index in [1.165, 1.54) is 12.1 Å². The summed E-state index contributed by atoms with van der Waals surface area (Å²) >= 11 is 5.44. The van der Waals surface area contributed by atoms with Crippen LogP contribution in [0.1, 0.15) is 61.0 Å². The Morgan fingerprint density at radius 3 is 1.53 bits per heavy atom. The first kappa shape index (κ1) is 31.2. The van der Waals surface area contributed by atoms with E-state index in [0.29, 0.717) is 0 Å². The zero-order chi connectivity index (χ0) is 26.5. The van der Waals surface area contributed by atoms with E-state index < -0.39 is 56.7 Å². The van der Waals surface area contributed by atoms with Crippen LogP contribution in [0.4, 0.5) is 18.9 Å². The lowest BCUT2D eigenvalue weighted by Gasteiger charge is -2.35. The lowest BCUT2D eigenvalue weighted by atomic mass is 10.2. The molecule has 13 heteroatoms. The van der Waals surface area contributed by atoms with Crippen LogP contribution in [0.15, 0.2) is 24.3 Å². The van der Waals surface area contributed by atoms with Crippen molar-refractivity contribution in [2.75, 3.05) is 5.32 Å². The molecule has 0 spiro atoms. The third-order valence-electron chi connectivity index (χ3n) is 3.72. The summed E-state index contributed by atoms with van der Waals surface area (Å²) in [5.74, 6) is 0. The van der Waals surface area contributed by atoms with Crippen LogP contribution >= 0.6 is 27.4 Å². The van der Waals surface area contributed by atoms with Crippen LogP contribution in [0.2, 0.25) is 0 Å². The second-order valence-electron chi connectivity index (χ2n) is 8.64. The Kier molecular flexibility index (Phi) is 11.4. The SMILES string of the molecule is CC(C)OP(=O)(OC(C)C)C(C(=S)Nc1cccc(C(F)(F)F)c1)P(=O)(OC(C)C)OC(C)C. The molecule has 1 aromatic carbocycles. The van der Waals surface area contributed by atoms with Gasteiger partial charge in [-0.3, -0.25) is 9.13 Å². The summed E-state index contributed by atoms with van der Waals surface area (Å²) in [5.41, 5.74) is -0.969. The Morgan fingerprint density at radius 2 is 1.21 bits per heavy atom. The Hall–Kier alpha value is -0.800. The topological polar surface area (TPSA) is 83.1 Å². The second kappa shape index (κ2) is 12.4. The van der Waals surface area contributed by atoms with Crippen LogP contribution in [-0.4, -0.2) is 34.8 Å². The van der Waals surface area contributed by atoms with Gasteiger partial charge in [-0.25, -0.2) is 0 Å². The molecule has 0 aromatic heterocycles. The molecule has 0 aliphatic carbocycles. The van der Waals surface area contributed by atoms with Crippen molar-refractivity contribution < 1.29 is 40.4 Å². The van der Waals surface area contributed by atoms with Gasteiger partial charge in [0.05, 0.1) is 30.0 Å². The van der Waals surface area contributed by atoms with E-state index in [4.69, 9.17) is 30.3 Å². The normalized spacial score (nSPS) is 13.5. The third kappa shape index (κ3) is 9.34. The summed E-state index contributed by atoms with van der Waals surface area (Å²) in [6, 6.07) is 4.26. The molecular formula is C21H34F3NO6P2S. The second-order valence-corrected chi connectivity index (χ2v) is 13.5. The minimum atomic E-state index is -4.59. The molecule has 0 radical (unpaired) electrons. The Balaban J connectivity index is 3.67. The summed E-state index contributed by atoms with van der Waals surface area (Å²) in [5, 5.41) is 0.889. The van der Waals surface area contributed by atoms with Crippen molar-refractivity contribution in [1.82, 2.24) is 0 Å². The highest BCUT2D eigenvalue weighted by Gasteiger charge is 2.55. The predicted molar refractivity (Wildman–Crippen MR) is 132 cm³/mol. The number of thiocarbonyl (C=S) groups is 1. The van der Waals surface area contributed by atoms with Crippen LogP contribution in [0.25, 0.3) is 0 Å². The number of benzene rings is 1. The monoisotopic (exact) mass is 547 g/mol.